The lowest BCUT2D eigenvalue weighted by molar-refractivity contribution is -0.385. The number of aryl methyl sites for hydroxylation is 1. The predicted molar refractivity (Wildman–Crippen MR) is 151 cm³/mol. The summed E-state index contributed by atoms with van der Waals surface area (Å²) in [5, 5.41) is 29.1. The number of pyridine rings is 1. The Bertz CT molecular complexity index is 1700. The maximum absolute atomic E-state index is 15.0. The molecule has 0 bridgehead atoms. The molecule has 0 unspecified atom stereocenters. The standard InChI is InChI=1S/C29H28FN7O4/c1-17-24-25(18-5-7-19(8-6-18)35-11-13-36(14-12-35)28(38)41-29(2,3)4)22(16-31)26(32-27(24)34-33-17)21-10-9-20(37(39)40)15-23(21)30/h5-10,15H,11-14H2,1-4H3,(H,32,33,34). The minimum absolute atomic E-state index is 0.0320. The summed E-state index contributed by atoms with van der Waals surface area (Å²) < 4.78 is 20.5. The van der Waals surface area contributed by atoms with Crippen molar-refractivity contribution < 1.29 is 18.8 Å². The summed E-state index contributed by atoms with van der Waals surface area (Å²) in [6.07, 6.45) is -0.325. The molecule has 0 atom stereocenters. The fraction of sp³-hybridized carbons (Fsp3) is 0.310. The fourth-order valence-corrected chi connectivity index (χ4v) is 4.92. The molecule has 1 amide bonds. The molecule has 2 aromatic carbocycles. The average Bonchev–Trinajstić information content (AvgIpc) is 3.31. The number of nitriles is 1. The molecule has 1 aliphatic heterocycles. The van der Waals surface area contributed by atoms with E-state index in [1.165, 1.54) is 12.1 Å². The van der Waals surface area contributed by atoms with Crippen LogP contribution in [0.3, 0.4) is 0 Å². The summed E-state index contributed by atoms with van der Waals surface area (Å²) in [5.41, 5.74) is 2.39. The minimum atomic E-state index is -0.860. The smallest absolute Gasteiger partial charge is 0.410 e. The fourth-order valence-electron chi connectivity index (χ4n) is 4.92. The van der Waals surface area contributed by atoms with Crippen LogP contribution in [0, 0.1) is 34.2 Å². The van der Waals surface area contributed by atoms with Gasteiger partial charge in [-0.3, -0.25) is 15.2 Å². The van der Waals surface area contributed by atoms with Gasteiger partial charge < -0.3 is 14.5 Å². The van der Waals surface area contributed by atoms with Gasteiger partial charge in [0, 0.05) is 54.8 Å². The summed E-state index contributed by atoms with van der Waals surface area (Å²) in [5.74, 6) is -0.860. The van der Waals surface area contributed by atoms with Gasteiger partial charge in [0.1, 0.15) is 17.5 Å². The highest BCUT2D eigenvalue weighted by molar-refractivity contribution is 6.01. The third kappa shape index (κ3) is 5.38. The number of nitrogens with one attached hydrogen (secondary N) is 1. The molecule has 11 nitrogen and oxygen atoms in total. The Hall–Kier alpha value is -5.05. The number of hydrogen-bond acceptors (Lipinski definition) is 8. The van der Waals surface area contributed by atoms with Crippen molar-refractivity contribution in [3.8, 4) is 28.5 Å². The Labute approximate surface area is 235 Å². The summed E-state index contributed by atoms with van der Waals surface area (Å²) in [6.45, 7) is 9.65. The highest BCUT2D eigenvalue weighted by Crippen LogP contribution is 2.39. The normalized spacial score (nSPS) is 13.8. The van der Waals surface area contributed by atoms with Crippen LogP contribution in [0.15, 0.2) is 42.5 Å². The zero-order chi connectivity index (χ0) is 29.5. The van der Waals surface area contributed by atoms with Crippen LogP contribution in [0.1, 0.15) is 32.0 Å². The van der Waals surface area contributed by atoms with Crippen LogP contribution in [0.5, 0.6) is 0 Å². The number of hydrogen-bond donors (Lipinski definition) is 1. The lowest BCUT2D eigenvalue weighted by Crippen LogP contribution is -2.50. The van der Waals surface area contributed by atoms with E-state index >= 15 is 4.39 Å². The molecule has 1 aliphatic rings. The summed E-state index contributed by atoms with van der Waals surface area (Å²) >= 11 is 0. The highest BCUT2D eigenvalue weighted by Gasteiger charge is 2.27. The van der Waals surface area contributed by atoms with Gasteiger partial charge in [-0.2, -0.15) is 10.4 Å². The van der Waals surface area contributed by atoms with Crippen LogP contribution < -0.4 is 4.90 Å². The number of ether oxygens (including phenoxy) is 1. The van der Waals surface area contributed by atoms with E-state index in [1.807, 2.05) is 52.0 Å². The molecular formula is C29H28FN7O4. The molecule has 210 valence electrons. The third-order valence-electron chi connectivity index (χ3n) is 6.87. The van der Waals surface area contributed by atoms with Gasteiger partial charge in [-0.05, 0) is 51.5 Å². The molecule has 1 N–H and O–H groups in total. The summed E-state index contributed by atoms with van der Waals surface area (Å²) in [7, 11) is 0. The molecule has 0 aliphatic carbocycles. The maximum atomic E-state index is 15.0. The van der Waals surface area contributed by atoms with Gasteiger partial charge in [0.05, 0.1) is 27.6 Å². The number of non-ortho nitro benzene ring substituents is 1. The number of nitro benzene ring substituents is 1. The van der Waals surface area contributed by atoms with Gasteiger partial charge >= 0.3 is 6.09 Å². The highest BCUT2D eigenvalue weighted by atomic mass is 19.1. The molecule has 1 saturated heterocycles. The van der Waals surface area contributed by atoms with Crippen LogP contribution >= 0.6 is 0 Å². The third-order valence-corrected chi connectivity index (χ3v) is 6.87. The van der Waals surface area contributed by atoms with Crippen molar-refractivity contribution in [1.82, 2.24) is 20.1 Å². The van der Waals surface area contributed by atoms with Crippen molar-refractivity contribution in [2.75, 3.05) is 31.1 Å². The van der Waals surface area contributed by atoms with Gasteiger partial charge in [0.15, 0.2) is 5.65 Å². The summed E-state index contributed by atoms with van der Waals surface area (Å²) in [6, 6.07) is 13.1. The van der Waals surface area contributed by atoms with Crippen molar-refractivity contribution in [1.29, 1.82) is 5.26 Å². The molecule has 0 spiro atoms. The first-order chi connectivity index (χ1) is 19.5. The predicted octanol–water partition coefficient (Wildman–Crippen LogP) is 5.58. The molecule has 2 aromatic heterocycles. The van der Waals surface area contributed by atoms with Gasteiger partial charge in [-0.1, -0.05) is 12.1 Å². The molecule has 1 fully saturated rings. The first-order valence-corrected chi connectivity index (χ1v) is 13.0. The first kappa shape index (κ1) is 27.5. The number of rotatable bonds is 4. The minimum Gasteiger partial charge on any atom is -0.444 e. The number of aromatic amines is 1. The SMILES string of the molecule is Cc1[nH]nc2nc(-c3ccc([N+](=O)[O-])cc3F)c(C#N)c(-c3ccc(N4CCN(C(=O)OC(C)(C)C)CC4)cc3)c12. The number of piperazine rings is 1. The number of carbonyl (C=O) groups excluding carboxylic acids is 1. The monoisotopic (exact) mass is 557 g/mol. The van der Waals surface area contributed by atoms with Gasteiger partial charge in [-0.25, -0.2) is 14.2 Å². The van der Waals surface area contributed by atoms with Gasteiger partial charge in [0.25, 0.3) is 5.69 Å². The van der Waals surface area contributed by atoms with Crippen LogP contribution in [0.25, 0.3) is 33.4 Å². The molecule has 5 rings (SSSR count). The molecule has 0 saturated carbocycles. The molecule has 3 heterocycles. The van der Waals surface area contributed by atoms with E-state index in [1.54, 1.807) is 4.90 Å². The topological polar surface area (TPSA) is 141 Å². The second kappa shape index (κ2) is 10.5. The number of aromatic nitrogens is 3. The number of nitro groups is 1. The quantitative estimate of drug-likeness (QED) is 0.253. The molecular weight excluding hydrogens is 529 g/mol. The largest absolute Gasteiger partial charge is 0.444 e. The Kier molecular flexibility index (Phi) is 7.04. The van der Waals surface area contributed by atoms with Crippen LogP contribution in [-0.4, -0.2) is 62.9 Å². The van der Waals surface area contributed by atoms with Crippen LogP contribution in [0.4, 0.5) is 20.6 Å². The van der Waals surface area contributed by atoms with E-state index in [0.29, 0.717) is 54.0 Å². The van der Waals surface area contributed by atoms with E-state index in [0.717, 1.165) is 11.8 Å². The Morgan fingerprint density at radius 1 is 1.15 bits per heavy atom. The van der Waals surface area contributed by atoms with Crippen molar-refractivity contribution >= 4 is 28.5 Å². The number of amides is 1. The molecule has 12 heteroatoms. The maximum Gasteiger partial charge on any atom is 0.410 e. The number of fused-ring (bicyclic) bond motifs is 1. The number of carbonyl (C=O) groups is 1. The Balaban J connectivity index is 1.49. The first-order valence-electron chi connectivity index (χ1n) is 13.0. The van der Waals surface area contributed by atoms with Crippen molar-refractivity contribution in [2.24, 2.45) is 0 Å². The van der Waals surface area contributed by atoms with Crippen molar-refractivity contribution in [3.63, 3.8) is 0 Å². The van der Waals surface area contributed by atoms with E-state index in [4.69, 9.17) is 4.74 Å². The zero-order valence-electron chi connectivity index (χ0n) is 23.1. The summed E-state index contributed by atoms with van der Waals surface area (Å²) in [4.78, 5) is 31.2. The molecule has 4 aromatic rings. The molecule has 41 heavy (non-hydrogen) atoms. The number of anilines is 1. The number of nitrogens with zero attached hydrogens (tertiary/aromatic N) is 6. The van der Waals surface area contributed by atoms with Crippen molar-refractivity contribution in [2.45, 2.75) is 33.3 Å². The van der Waals surface area contributed by atoms with Crippen molar-refractivity contribution in [3.05, 3.63) is 69.7 Å². The van der Waals surface area contributed by atoms with Crippen LogP contribution in [0.2, 0.25) is 0 Å². The van der Waals surface area contributed by atoms with Gasteiger partial charge in [0.2, 0.25) is 0 Å². The Morgan fingerprint density at radius 3 is 2.41 bits per heavy atom. The average molecular weight is 558 g/mol. The zero-order valence-corrected chi connectivity index (χ0v) is 23.1. The second-order valence-corrected chi connectivity index (χ2v) is 10.8. The second-order valence-electron chi connectivity index (χ2n) is 10.8. The van der Waals surface area contributed by atoms with E-state index in [9.17, 15) is 20.2 Å². The van der Waals surface area contributed by atoms with E-state index < -0.39 is 22.0 Å². The number of benzene rings is 2. The lowest BCUT2D eigenvalue weighted by atomic mass is 9.93. The number of H-pyrrole nitrogens is 1. The van der Waals surface area contributed by atoms with E-state index in [-0.39, 0.29) is 22.9 Å². The molecule has 0 radical (unpaired) electrons. The Morgan fingerprint density at radius 2 is 1.83 bits per heavy atom. The van der Waals surface area contributed by atoms with Crippen LogP contribution in [-0.2, 0) is 4.74 Å². The lowest BCUT2D eigenvalue weighted by Gasteiger charge is -2.36. The van der Waals surface area contributed by atoms with Gasteiger partial charge in [-0.15, -0.1) is 0 Å². The van der Waals surface area contributed by atoms with E-state index in [2.05, 4.69) is 26.2 Å². The number of halogens is 1.